The molecular weight excluding hydrogens is 101 g/mol. The number of rotatable bonds is 0. The summed E-state index contributed by atoms with van der Waals surface area (Å²) in [6, 6.07) is 0. The summed E-state index contributed by atoms with van der Waals surface area (Å²) in [6.45, 7) is 0. The van der Waals surface area contributed by atoms with Gasteiger partial charge < -0.3 is 4.70 Å². The van der Waals surface area contributed by atoms with Crippen LogP contribution in [0.2, 0.25) is 0 Å². The summed E-state index contributed by atoms with van der Waals surface area (Å²) < 4.78 is 8.67. The molecule has 0 aromatic carbocycles. The Morgan fingerprint density at radius 2 is 1.75 bits per heavy atom. The Hall–Kier alpha value is 0.320. The highest BCUT2D eigenvalue weighted by Crippen LogP contribution is 1.92. The molecule has 0 rings (SSSR count). The van der Waals surface area contributed by atoms with Crippen molar-refractivity contribution in [2.75, 3.05) is 0 Å². The van der Waals surface area contributed by atoms with Gasteiger partial charge in [-0.25, -0.2) is 0 Å². The summed E-state index contributed by atoms with van der Waals surface area (Å²) in [4.78, 5) is 0. The molecule has 4 heteroatoms. The lowest BCUT2D eigenvalue weighted by Gasteiger charge is -1.16. The zero-order chi connectivity index (χ0) is 2.71. The van der Waals surface area contributed by atoms with E-state index in [0.29, 0.717) is 0 Å². The van der Waals surface area contributed by atoms with Crippen molar-refractivity contribution in [2.45, 2.75) is 0 Å². The standard InChI is InChI=1S/ClOP.FH/c1-3-2;/h;1H/p-1. The highest BCUT2D eigenvalue weighted by molar-refractivity contribution is 7.57. The fourth-order valence-corrected chi connectivity index (χ4v) is 0. The maximum atomic E-state index is 8.67. The summed E-state index contributed by atoms with van der Waals surface area (Å²) in [6.07, 6.45) is 0. The van der Waals surface area contributed by atoms with Crippen LogP contribution in [-0.4, -0.2) is 0 Å². The highest BCUT2D eigenvalue weighted by Gasteiger charge is 1.33. The van der Waals surface area contributed by atoms with Gasteiger partial charge in [0.05, 0.1) is 0 Å². The molecule has 0 aromatic heterocycles. The van der Waals surface area contributed by atoms with Crippen LogP contribution in [0.1, 0.15) is 0 Å². The lowest BCUT2D eigenvalue weighted by Crippen LogP contribution is -3.00. The second-order valence-corrected chi connectivity index (χ2v) is 0.621. The molecule has 0 atom stereocenters. The monoisotopic (exact) mass is 101 g/mol. The molecule has 0 spiro atoms. The third kappa shape index (κ3) is 39.5. The maximum Gasteiger partial charge on any atom is 0.267 e. The molecule has 0 unspecified atom stereocenters. The van der Waals surface area contributed by atoms with Crippen LogP contribution < -0.4 is 4.70 Å². The van der Waals surface area contributed by atoms with Crippen molar-refractivity contribution in [3.05, 3.63) is 0 Å². The quantitative estimate of drug-likeness (QED) is 0.337. The topological polar surface area (TPSA) is 17.1 Å². The van der Waals surface area contributed by atoms with E-state index in [1.165, 1.54) is 0 Å². The van der Waals surface area contributed by atoms with Crippen LogP contribution in [0, 0.1) is 0 Å². The van der Waals surface area contributed by atoms with E-state index >= 15 is 0 Å². The largest absolute Gasteiger partial charge is 1.00 e. The normalized spacial score (nSPS) is 5.25. The van der Waals surface area contributed by atoms with Crippen LogP contribution in [-0.2, 0) is 4.57 Å². The molecule has 0 saturated carbocycles. The summed E-state index contributed by atoms with van der Waals surface area (Å²) in [5.74, 6) is 0. The van der Waals surface area contributed by atoms with Crippen LogP contribution in [0.15, 0.2) is 0 Å². The average molecular weight is 101 g/mol. The van der Waals surface area contributed by atoms with E-state index in [-0.39, 0.29) is 12.5 Å². The fraction of sp³-hybridized carbons (Fsp3) is 0. The van der Waals surface area contributed by atoms with Gasteiger partial charge >= 0.3 is 0 Å². The zero-order valence-electron chi connectivity index (χ0n) is 1.61. The lowest BCUT2D eigenvalue weighted by atomic mass is 16.0. The second kappa shape index (κ2) is 10.3. The SMILES string of the molecule is O=PCl.[F-]. The van der Waals surface area contributed by atoms with Gasteiger partial charge in [0.2, 0.25) is 0 Å². The Balaban J connectivity index is 0. The predicted molar refractivity (Wildman–Crippen MR) is 13.5 cm³/mol. The first-order valence-corrected chi connectivity index (χ1v) is 2.07. The summed E-state index contributed by atoms with van der Waals surface area (Å²) in [5.41, 5.74) is 0. The third-order valence-corrected chi connectivity index (χ3v) is 0. The Morgan fingerprint density at radius 1 is 1.75 bits per heavy atom. The fourth-order valence-electron chi connectivity index (χ4n) is 0. The molecule has 1 nitrogen and oxygen atoms in total. The summed E-state index contributed by atoms with van der Waals surface area (Å²) >= 11 is 4.42. The van der Waals surface area contributed by atoms with Gasteiger partial charge in [0.1, 0.15) is 0 Å². The van der Waals surface area contributed by atoms with Crippen molar-refractivity contribution in [2.24, 2.45) is 0 Å². The van der Waals surface area contributed by atoms with Crippen LogP contribution in [0.3, 0.4) is 0 Å². The summed E-state index contributed by atoms with van der Waals surface area (Å²) in [5, 5.41) is 0. The molecule has 4 heavy (non-hydrogen) atoms. The number of hydrogen-bond donors (Lipinski definition) is 0. The third-order valence-electron chi connectivity index (χ3n) is 0. The molecule has 26 valence electrons. The number of halogens is 2. The molecule has 0 aliphatic rings. The Morgan fingerprint density at radius 3 is 1.75 bits per heavy atom. The van der Waals surface area contributed by atoms with Crippen LogP contribution in [0.25, 0.3) is 0 Å². The van der Waals surface area contributed by atoms with Gasteiger partial charge in [-0.3, -0.25) is 4.57 Å². The Kier molecular flexibility index (Phi) is 22.7. The van der Waals surface area contributed by atoms with Gasteiger partial charge in [-0.05, 0) is 11.2 Å². The smallest absolute Gasteiger partial charge is 0.267 e. The first-order valence-electron chi connectivity index (χ1n) is 0.352. The van der Waals surface area contributed by atoms with Crippen molar-refractivity contribution < 1.29 is 9.27 Å². The molecule has 0 N–H and O–H groups in total. The van der Waals surface area contributed by atoms with E-state index < -0.39 is 0 Å². The van der Waals surface area contributed by atoms with Gasteiger partial charge in [0.15, 0.2) is 0 Å². The van der Waals surface area contributed by atoms with E-state index in [9.17, 15) is 0 Å². The Labute approximate surface area is 29.3 Å². The van der Waals surface area contributed by atoms with Crippen molar-refractivity contribution in [1.29, 1.82) is 0 Å². The number of hydrogen-bond acceptors (Lipinski definition) is 1. The molecule has 0 aromatic rings. The highest BCUT2D eigenvalue weighted by atomic mass is 35.7. The molecule has 0 amide bonds. The molecule has 0 bridgehead atoms. The van der Waals surface area contributed by atoms with Crippen LogP contribution in [0.4, 0.5) is 0 Å². The van der Waals surface area contributed by atoms with Crippen LogP contribution in [0.5, 0.6) is 0 Å². The maximum absolute atomic E-state index is 8.67. The van der Waals surface area contributed by atoms with E-state index in [0.717, 1.165) is 0 Å². The van der Waals surface area contributed by atoms with Crippen molar-refractivity contribution in [1.82, 2.24) is 0 Å². The van der Waals surface area contributed by atoms with Gasteiger partial charge in [-0.15, -0.1) is 0 Å². The minimum absolute atomic E-state index is 0. The predicted octanol–water partition coefficient (Wildman–Crippen LogP) is -1.56. The first kappa shape index (κ1) is 8.85. The van der Waals surface area contributed by atoms with Crippen LogP contribution >= 0.6 is 19.1 Å². The Bertz CT molecular complexity index is 15.5. The van der Waals surface area contributed by atoms with Gasteiger partial charge in [-0.2, -0.15) is 0 Å². The molecule has 0 saturated heterocycles. The molecular formula is ClFOP-. The van der Waals surface area contributed by atoms with Crippen molar-refractivity contribution in [3.8, 4) is 0 Å². The molecule has 0 aliphatic carbocycles. The minimum Gasteiger partial charge on any atom is -1.00 e. The van der Waals surface area contributed by atoms with Gasteiger partial charge in [0, 0.05) is 0 Å². The average Bonchev–Trinajstić information content (AvgIpc) is 0.918. The first-order chi connectivity index (χ1) is 1.41. The lowest BCUT2D eigenvalue weighted by molar-refractivity contribution is -0.00000163. The van der Waals surface area contributed by atoms with E-state index in [1.807, 2.05) is 0 Å². The summed E-state index contributed by atoms with van der Waals surface area (Å²) in [7, 11) is -0.361. The van der Waals surface area contributed by atoms with Crippen molar-refractivity contribution >= 4 is 19.1 Å². The minimum atomic E-state index is -0.361. The van der Waals surface area contributed by atoms with Gasteiger partial charge in [0.25, 0.3) is 7.81 Å². The van der Waals surface area contributed by atoms with Crippen molar-refractivity contribution in [3.63, 3.8) is 0 Å². The van der Waals surface area contributed by atoms with E-state index in [2.05, 4.69) is 11.2 Å². The van der Waals surface area contributed by atoms with E-state index in [4.69, 9.17) is 4.57 Å². The molecule has 0 fully saturated rings. The molecule has 0 heterocycles. The molecule has 0 aliphatic heterocycles. The second-order valence-electron chi connectivity index (χ2n) is 0.0690. The van der Waals surface area contributed by atoms with E-state index in [1.54, 1.807) is 0 Å². The zero-order valence-corrected chi connectivity index (χ0v) is 3.26. The molecule has 0 radical (unpaired) electrons. The van der Waals surface area contributed by atoms with Gasteiger partial charge in [-0.1, -0.05) is 0 Å².